The molecule has 1 aliphatic rings. The lowest BCUT2D eigenvalue weighted by Crippen LogP contribution is -2.55. The fourth-order valence-electron chi connectivity index (χ4n) is 1.48. The van der Waals surface area contributed by atoms with E-state index in [0.717, 1.165) is 0 Å². The Morgan fingerprint density at radius 2 is 1.29 bits per heavy atom. The van der Waals surface area contributed by atoms with Gasteiger partial charge in [0.15, 0.2) is 0 Å². The predicted octanol–water partition coefficient (Wildman–Crippen LogP) is 4.15. The number of alkyl halides is 5. The van der Waals surface area contributed by atoms with Gasteiger partial charge in [0.2, 0.25) is 0 Å². The van der Waals surface area contributed by atoms with E-state index in [4.69, 9.17) is 0 Å². The second kappa shape index (κ2) is 3.67. The lowest BCUT2D eigenvalue weighted by atomic mass is 9.82. The summed E-state index contributed by atoms with van der Waals surface area (Å²) >= 11 is 0. The van der Waals surface area contributed by atoms with E-state index in [2.05, 4.69) is 20.7 Å². The molecule has 1 rings (SSSR count). The van der Waals surface area contributed by atoms with Gasteiger partial charge in [-0.2, -0.15) is 22.0 Å². The van der Waals surface area contributed by atoms with Crippen LogP contribution < -0.4 is 0 Å². The predicted molar refractivity (Wildman–Crippen MR) is 47.5 cm³/mol. The molecule has 0 aliphatic carbocycles. The van der Waals surface area contributed by atoms with Crippen LogP contribution in [0.25, 0.3) is 0 Å². The maximum absolute atomic E-state index is 13.4. The first-order valence-electron chi connectivity index (χ1n) is 4.70. The van der Waals surface area contributed by atoms with Gasteiger partial charge in [-0.25, -0.2) is 0 Å². The molecule has 0 unspecified atom stereocenters. The SMILES string of the molecule is CC(C)(C)CC1(C(F)(F)C(F)(F)F)N=NN=N1. The number of halogens is 5. The van der Waals surface area contributed by atoms with E-state index in [1.807, 2.05) is 0 Å². The van der Waals surface area contributed by atoms with Crippen LogP contribution in [0.5, 0.6) is 0 Å². The lowest BCUT2D eigenvalue weighted by molar-refractivity contribution is -0.308. The summed E-state index contributed by atoms with van der Waals surface area (Å²) in [5.41, 5.74) is -3.82. The van der Waals surface area contributed by atoms with Crippen LogP contribution in [-0.2, 0) is 0 Å². The molecule has 4 nitrogen and oxygen atoms in total. The Bertz CT molecular complexity index is 340. The molecule has 0 saturated heterocycles. The van der Waals surface area contributed by atoms with Gasteiger partial charge >= 0.3 is 12.1 Å². The monoisotopic (exact) mass is 258 g/mol. The second-order valence-electron chi connectivity index (χ2n) is 5.01. The molecule has 0 radical (unpaired) electrons. The van der Waals surface area contributed by atoms with Gasteiger partial charge < -0.3 is 0 Å². The highest BCUT2D eigenvalue weighted by Crippen LogP contribution is 2.52. The Hall–Kier alpha value is -1.15. The minimum Gasteiger partial charge on any atom is -0.191 e. The van der Waals surface area contributed by atoms with Crippen molar-refractivity contribution in [3.63, 3.8) is 0 Å². The smallest absolute Gasteiger partial charge is 0.191 e. The summed E-state index contributed by atoms with van der Waals surface area (Å²) in [6, 6.07) is 0. The average Bonchev–Trinajstić information content (AvgIpc) is 2.48. The van der Waals surface area contributed by atoms with Gasteiger partial charge in [0, 0.05) is 6.42 Å². The van der Waals surface area contributed by atoms with E-state index in [1.165, 1.54) is 20.8 Å². The van der Waals surface area contributed by atoms with E-state index < -0.39 is 29.6 Å². The summed E-state index contributed by atoms with van der Waals surface area (Å²) in [6.07, 6.45) is -6.36. The normalized spacial score (nSPS) is 20.0. The van der Waals surface area contributed by atoms with E-state index in [-0.39, 0.29) is 0 Å². The Morgan fingerprint density at radius 3 is 1.59 bits per heavy atom. The molecule has 0 spiro atoms. The maximum Gasteiger partial charge on any atom is 0.458 e. The minimum absolute atomic E-state index is 0.612. The minimum atomic E-state index is -5.75. The summed E-state index contributed by atoms with van der Waals surface area (Å²) in [5, 5.41) is 11.4. The van der Waals surface area contributed by atoms with Crippen molar-refractivity contribution in [1.29, 1.82) is 0 Å². The summed E-state index contributed by atoms with van der Waals surface area (Å²) in [7, 11) is 0. The van der Waals surface area contributed by atoms with Crippen LogP contribution in [0.2, 0.25) is 0 Å². The molecule has 9 heteroatoms. The largest absolute Gasteiger partial charge is 0.458 e. The van der Waals surface area contributed by atoms with Gasteiger partial charge in [0.1, 0.15) is 0 Å². The lowest BCUT2D eigenvalue weighted by Gasteiger charge is -2.34. The molecule has 1 aliphatic heterocycles. The van der Waals surface area contributed by atoms with Gasteiger partial charge in [-0.05, 0) is 15.9 Å². The fraction of sp³-hybridized carbons (Fsp3) is 1.00. The molecule has 0 aromatic carbocycles. The van der Waals surface area contributed by atoms with Crippen molar-refractivity contribution in [2.24, 2.45) is 26.1 Å². The molecule has 0 saturated carbocycles. The van der Waals surface area contributed by atoms with Crippen LogP contribution in [-0.4, -0.2) is 17.8 Å². The van der Waals surface area contributed by atoms with Crippen molar-refractivity contribution in [2.45, 2.75) is 45.0 Å². The summed E-state index contributed by atoms with van der Waals surface area (Å²) in [4.78, 5) is 0. The molecule has 0 fully saturated rings. The standard InChI is InChI=1S/C8H11F5N4/c1-5(2,3)4-6(14-16-17-15-6)7(9,10)8(11,12)13/h4H2,1-3H3. The molecule has 0 N–H and O–H groups in total. The van der Waals surface area contributed by atoms with Crippen molar-refractivity contribution in [2.75, 3.05) is 0 Å². The number of nitrogens with zero attached hydrogens (tertiary/aromatic N) is 4. The van der Waals surface area contributed by atoms with E-state index in [1.54, 1.807) is 0 Å². The van der Waals surface area contributed by atoms with Gasteiger partial charge in [0.05, 0.1) is 0 Å². The van der Waals surface area contributed by atoms with Crippen LogP contribution >= 0.6 is 0 Å². The van der Waals surface area contributed by atoms with Gasteiger partial charge in [-0.3, -0.25) is 0 Å². The maximum atomic E-state index is 13.4. The Kier molecular flexibility index (Phi) is 3.01. The van der Waals surface area contributed by atoms with Crippen molar-refractivity contribution in [3.05, 3.63) is 0 Å². The zero-order valence-electron chi connectivity index (χ0n) is 9.39. The third kappa shape index (κ3) is 2.42. The summed E-state index contributed by atoms with van der Waals surface area (Å²) in [5.74, 6) is -5.10. The van der Waals surface area contributed by atoms with Crippen molar-refractivity contribution < 1.29 is 22.0 Å². The van der Waals surface area contributed by atoms with Gasteiger partial charge in [0.25, 0.3) is 5.66 Å². The van der Waals surface area contributed by atoms with Crippen LogP contribution in [0, 0.1) is 5.41 Å². The highest BCUT2D eigenvalue weighted by molar-refractivity contribution is 5.04. The molecule has 98 valence electrons. The van der Waals surface area contributed by atoms with Crippen LogP contribution in [0.3, 0.4) is 0 Å². The molecular formula is C8H11F5N4. The zero-order chi connectivity index (χ0) is 13.5. The molecule has 0 atom stereocenters. The van der Waals surface area contributed by atoms with Gasteiger partial charge in [-0.1, -0.05) is 20.8 Å². The third-order valence-corrected chi connectivity index (χ3v) is 2.10. The molecule has 0 aromatic rings. The number of hydrogen-bond acceptors (Lipinski definition) is 4. The molecule has 1 heterocycles. The highest BCUT2D eigenvalue weighted by atomic mass is 19.4. The number of rotatable bonds is 2. The Balaban J connectivity index is 3.19. The molecule has 17 heavy (non-hydrogen) atoms. The molecule has 0 amide bonds. The van der Waals surface area contributed by atoms with Gasteiger partial charge in [-0.15, -0.1) is 10.2 Å². The average molecular weight is 258 g/mol. The third-order valence-electron chi connectivity index (χ3n) is 2.10. The first kappa shape index (κ1) is 13.9. The van der Waals surface area contributed by atoms with Crippen molar-refractivity contribution in [3.8, 4) is 0 Å². The van der Waals surface area contributed by atoms with Crippen LogP contribution in [0.15, 0.2) is 20.7 Å². The quantitative estimate of drug-likeness (QED) is 0.668. The zero-order valence-corrected chi connectivity index (χ0v) is 9.39. The van der Waals surface area contributed by atoms with E-state index in [0.29, 0.717) is 0 Å². The summed E-state index contributed by atoms with van der Waals surface area (Å²) < 4.78 is 63.8. The molecule has 0 bridgehead atoms. The topological polar surface area (TPSA) is 49.4 Å². The van der Waals surface area contributed by atoms with E-state index in [9.17, 15) is 22.0 Å². The first-order valence-corrected chi connectivity index (χ1v) is 4.70. The Labute approximate surface area is 94.0 Å². The number of hydrogen-bond donors (Lipinski definition) is 0. The second-order valence-corrected chi connectivity index (χ2v) is 5.01. The first-order chi connectivity index (χ1) is 7.41. The summed E-state index contributed by atoms with van der Waals surface area (Å²) in [6.45, 7) is 4.51. The Morgan fingerprint density at radius 1 is 0.882 bits per heavy atom. The molecular weight excluding hydrogens is 247 g/mol. The van der Waals surface area contributed by atoms with Crippen molar-refractivity contribution >= 4 is 0 Å². The van der Waals surface area contributed by atoms with E-state index >= 15 is 0 Å². The molecule has 0 aromatic heterocycles. The fourth-order valence-corrected chi connectivity index (χ4v) is 1.48. The van der Waals surface area contributed by atoms with Crippen LogP contribution in [0.4, 0.5) is 22.0 Å². The van der Waals surface area contributed by atoms with Crippen LogP contribution in [0.1, 0.15) is 27.2 Å². The van der Waals surface area contributed by atoms with Crippen molar-refractivity contribution in [1.82, 2.24) is 0 Å². The highest BCUT2D eigenvalue weighted by Gasteiger charge is 2.73.